The minimum absolute atomic E-state index is 0.435. The van der Waals surface area contributed by atoms with E-state index < -0.39 is 0 Å². The standard InChI is InChI=1S/C25H24N6/c1-16-4-8-18(9-5-16)21-12-13-22-25(29-21)31(19-10-6-17(15-26)7-11-19)24(30-22)20-3-2-14-28-23(20)27/h2-4,6-14,16H,5,15,26H2,1H3,(H2,27,28). The van der Waals surface area contributed by atoms with Gasteiger partial charge in [-0.15, -0.1) is 0 Å². The molecule has 1 aromatic carbocycles. The van der Waals surface area contributed by atoms with E-state index in [1.165, 1.54) is 0 Å². The number of nitrogens with two attached hydrogens (primary N) is 2. The van der Waals surface area contributed by atoms with Crippen molar-refractivity contribution in [3.05, 3.63) is 84.2 Å². The number of aromatic nitrogens is 4. The lowest BCUT2D eigenvalue weighted by molar-refractivity contribution is 0.738. The fraction of sp³-hybridized carbons (Fsp3) is 0.160. The number of allylic oxidation sites excluding steroid dienone is 4. The highest BCUT2D eigenvalue weighted by atomic mass is 15.1. The van der Waals surface area contributed by atoms with E-state index in [9.17, 15) is 0 Å². The summed E-state index contributed by atoms with van der Waals surface area (Å²) in [5, 5.41) is 0. The molecule has 5 rings (SSSR count). The van der Waals surface area contributed by atoms with Crippen LogP contribution in [0.25, 0.3) is 33.8 Å². The van der Waals surface area contributed by atoms with Gasteiger partial charge in [0.1, 0.15) is 11.3 Å². The molecule has 0 aliphatic heterocycles. The molecule has 0 saturated heterocycles. The number of nitrogens with zero attached hydrogens (tertiary/aromatic N) is 4. The molecule has 1 aliphatic rings. The third-order valence-electron chi connectivity index (χ3n) is 5.62. The minimum atomic E-state index is 0.435. The van der Waals surface area contributed by atoms with E-state index in [0.29, 0.717) is 24.1 Å². The van der Waals surface area contributed by atoms with Crippen LogP contribution in [0.3, 0.4) is 0 Å². The predicted molar refractivity (Wildman–Crippen MR) is 125 cm³/mol. The Hall–Kier alpha value is -3.77. The molecule has 0 bridgehead atoms. The molecular formula is C25H24N6. The van der Waals surface area contributed by atoms with Crippen molar-refractivity contribution in [2.75, 3.05) is 5.73 Å². The molecule has 1 unspecified atom stereocenters. The summed E-state index contributed by atoms with van der Waals surface area (Å²) in [6, 6.07) is 16.0. The first-order chi connectivity index (χ1) is 15.1. The SMILES string of the molecule is CC1C=CC(c2ccc3nc(-c4cccnc4N)n(-c4ccc(CN)cc4)c3n2)=CC1. The van der Waals surface area contributed by atoms with Crippen molar-refractivity contribution in [2.24, 2.45) is 11.7 Å². The summed E-state index contributed by atoms with van der Waals surface area (Å²) in [5.41, 5.74) is 18.4. The zero-order valence-corrected chi connectivity index (χ0v) is 17.4. The normalized spacial score (nSPS) is 15.9. The van der Waals surface area contributed by atoms with E-state index in [1.54, 1.807) is 6.20 Å². The smallest absolute Gasteiger partial charge is 0.165 e. The van der Waals surface area contributed by atoms with Gasteiger partial charge in [0.15, 0.2) is 11.5 Å². The second-order valence-corrected chi connectivity index (χ2v) is 7.85. The first kappa shape index (κ1) is 19.2. The molecule has 4 aromatic rings. The Balaban J connectivity index is 1.74. The minimum Gasteiger partial charge on any atom is -0.383 e. The molecule has 3 heterocycles. The molecule has 6 heteroatoms. The lowest BCUT2D eigenvalue weighted by Crippen LogP contribution is -2.03. The highest BCUT2D eigenvalue weighted by Gasteiger charge is 2.19. The van der Waals surface area contributed by atoms with Gasteiger partial charge in [0.05, 0.1) is 11.3 Å². The number of imidazole rings is 1. The summed E-state index contributed by atoms with van der Waals surface area (Å²) in [4.78, 5) is 14.1. The molecule has 1 aliphatic carbocycles. The Morgan fingerprint density at radius 3 is 2.61 bits per heavy atom. The van der Waals surface area contributed by atoms with Crippen LogP contribution in [0.5, 0.6) is 0 Å². The number of hydrogen-bond donors (Lipinski definition) is 2. The van der Waals surface area contributed by atoms with E-state index in [4.69, 9.17) is 21.4 Å². The number of pyridine rings is 2. The van der Waals surface area contributed by atoms with Crippen molar-refractivity contribution in [3.63, 3.8) is 0 Å². The van der Waals surface area contributed by atoms with E-state index >= 15 is 0 Å². The number of rotatable bonds is 4. The molecule has 3 aromatic heterocycles. The number of hydrogen-bond acceptors (Lipinski definition) is 5. The second-order valence-electron chi connectivity index (χ2n) is 7.85. The molecular weight excluding hydrogens is 384 g/mol. The lowest BCUT2D eigenvalue weighted by Gasteiger charge is -2.13. The van der Waals surface area contributed by atoms with Gasteiger partial charge >= 0.3 is 0 Å². The van der Waals surface area contributed by atoms with E-state index in [2.05, 4.69) is 30.1 Å². The van der Waals surface area contributed by atoms with E-state index in [0.717, 1.165) is 45.7 Å². The molecule has 4 N–H and O–H groups in total. The van der Waals surface area contributed by atoms with Gasteiger partial charge in [0.25, 0.3) is 0 Å². The largest absolute Gasteiger partial charge is 0.383 e. The summed E-state index contributed by atoms with van der Waals surface area (Å²) in [5.74, 6) is 1.71. The van der Waals surface area contributed by atoms with Crippen molar-refractivity contribution in [2.45, 2.75) is 19.9 Å². The van der Waals surface area contributed by atoms with Gasteiger partial charge in [0, 0.05) is 18.4 Å². The Morgan fingerprint density at radius 1 is 1.06 bits per heavy atom. The summed E-state index contributed by atoms with van der Waals surface area (Å²) in [7, 11) is 0. The number of benzene rings is 1. The first-order valence-corrected chi connectivity index (χ1v) is 10.4. The molecule has 0 spiro atoms. The molecule has 0 amide bonds. The fourth-order valence-corrected chi connectivity index (χ4v) is 3.85. The summed E-state index contributed by atoms with van der Waals surface area (Å²) < 4.78 is 2.04. The molecule has 0 radical (unpaired) electrons. The zero-order chi connectivity index (χ0) is 21.4. The highest BCUT2D eigenvalue weighted by Crippen LogP contribution is 2.32. The number of anilines is 1. The van der Waals surface area contributed by atoms with Gasteiger partial charge in [-0.25, -0.2) is 15.0 Å². The van der Waals surface area contributed by atoms with Crippen molar-refractivity contribution in [1.29, 1.82) is 0 Å². The topological polar surface area (TPSA) is 95.6 Å². The molecule has 6 nitrogen and oxygen atoms in total. The maximum absolute atomic E-state index is 6.21. The Labute approximate surface area is 181 Å². The highest BCUT2D eigenvalue weighted by molar-refractivity contribution is 5.85. The van der Waals surface area contributed by atoms with Crippen molar-refractivity contribution < 1.29 is 0 Å². The Kier molecular flexibility index (Phi) is 4.84. The molecule has 31 heavy (non-hydrogen) atoms. The third-order valence-corrected chi connectivity index (χ3v) is 5.62. The van der Waals surface area contributed by atoms with Crippen molar-refractivity contribution >= 4 is 22.6 Å². The van der Waals surface area contributed by atoms with Crippen LogP contribution in [0, 0.1) is 5.92 Å². The monoisotopic (exact) mass is 408 g/mol. The summed E-state index contributed by atoms with van der Waals surface area (Å²) >= 11 is 0. The van der Waals surface area contributed by atoms with Gasteiger partial charge in [0.2, 0.25) is 0 Å². The van der Waals surface area contributed by atoms with Gasteiger partial charge in [-0.05, 0) is 59.9 Å². The third kappa shape index (κ3) is 3.51. The van der Waals surface area contributed by atoms with Crippen molar-refractivity contribution in [1.82, 2.24) is 19.5 Å². The average Bonchev–Trinajstić information content (AvgIpc) is 3.18. The van der Waals surface area contributed by atoms with E-state index in [1.807, 2.05) is 53.1 Å². The quantitative estimate of drug-likeness (QED) is 0.518. The molecule has 154 valence electrons. The van der Waals surface area contributed by atoms with Crippen LogP contribution in [-0.4, -0.2) is 19.5 Å². The molecule has 0 saturated carbocycles. The van der Waals surface area contributed by atoms with Crippen molar-refractivity contribution in [3.8, 4) is 17.1 Å². The summed E-state index contributed by atoms with van der Waals surface area (Å²) in [6.45, 7) is 2.71. The number of fused-ring (bicyclic) bond motifs is 1. The van der Waals surface area contributed by atoms with Gasteiger partial charge in [-0.1, -0.05) is 37.3 Å². The first-order valence-electron chi connectivity index (χ1n) is 10.4. The van der Waals surface area contributed by atoms with Crippen LogP contribution in [0.1, 0.15) is 24.6 Å². The van der Waals surface area contributed by atoms with Gasteiger partial charge < -0.3 is 11.5 Å². The second kappa shape index (κ2) is 7.81. The van der Waals surface area contributed by atoms with Crippen LogP contribution in [0.2, 0.25) is 0 Å². The maximum atomic E-state index is 6.21. The van der Waals surface area contributed by atoms with Crippen LogP contribution < -0.4 is 11.5 Å². The molecule has 1 atom stereocenters. The van der Waals surface area contributed by atoms with Crippen LogP contribution >= 0.6 is 0 Å². The zero-order valence-electron chi connectivity index (χ0n) is 17.4. The predicted octanol–water partition coefficient (Wildman–Crippen LogP) is 4.50. The Morgan fingerprint density at radius 2 is 1.90 bits per heavy atom. The summed E-state index contributed by atoms with van der Waals surface area (Å²) in [6.07, 6.45) is 9.32. The average molecular weight is 409 g/mol. The Bertz CT molecular complexity index is 1310. The lowest BCUT2D eigenvalue weighted by atomic mass is 9.97. The number of nitrogen functional groups attached to an aromatic ring is 1. The van der Waals surface area contributed by atoms with Gasteiger partial charge in [-0.3, -0.25) is 4.57 Å². The fourth-order valence-electron chi connectivity index (χ4n) is 3.85. The molecule has 0 fully saturated rings. The van der Waals surface area contributed by atoms with Crippen LogP contribution in [0.4, 0.5) is 5.82 Å². The maximum Gasteiger partial charge on any atom is 0.165 e. The van der Waals surface area contributed by atoms with Gasteiger partial charge in [-0.2, -0.15) is 0 Å². The van der Waals surface area contributed by atoms with Crippen LogP contribution in [0.15, 0.2) is 73.0 Å². The van der Waals surface area contributed by atoms with E-state index in [-0.39, 0.29) is 0 Å². The van der Waals surface area contributed by atoms with Crippen LogP contribution in [-0.2, 0) is 6.54 Å².